The van der Waals surface area contributed by atoms with Gasteiger partial charge in [-0.25, -0.2) is 4.98 Å². The smallest absolute Gasteiger partial charge is 0.185 e. The minimum atomic E-state index is 0.764. The van der Waals surface area contributed by atoms with E-state index in [0.29, 0.717) is 0 Å². The zero-order chi connectivity index (χ0) is 10.3. The van der Waals surface area contributed by atoms with Crippen LogP contribution in [-0.4, -0.2) is 18.1 Å². The van der Waals surface area contributed by atoms with E-state index >= 15 is 0 Å². The van der Waals surface area contributed by atoms with Crippen LogP contribution >= 0.6 is 22.9 Å². The Morgan fingerprint density at radius 2 is 1.93 bits per heavy atom. The third kappa shape index (κ3) is 1.85. The summed E-state index contributed by atoms with van der Waals surface area (Å²) in [5, 5.41) is 3.98. The fourth-order valence-electron chi connectivity index (χ4n) is 1.40. The number of nitrogens with zero attached hydrogens (tertiary/aromatic N) is 2. The Balaban J connectivity index is 1.93. The number of benzene rings is 1. The fourth-order valence-corrected chi connectivity index (χ4v) is 2.42. The van der Waals surface area contributed by atoms with E-state index in [1.807, 2.05) is 24.3 Å². The summed E-state index contributed by atoms with van der Waals surface area (Å²) in [7, 11) is 0. The highest BCUT2D eigenvalue weighted by atomic mass is 35.5. The highest BCUT2D eigenvalue weighted by molar-refractivity contribution is 7.14. The van der Waals surface area contributed by atoms with Crippen LogP contribution in [0.5, 0.6) is 0 Å². The molecule has 1 fully saturated rings. The summed E-state index contributed by atoms with van der Waals surface area (Å²) in [6.07, 6.45) is 0. The molecule has 4 heteroatoms. The van der Waals surface area contributed by atoms with Crippen molar-refractivity contribution < 1.29 is 0 Å². The zero-order valence-electron chi connectivity index (χ0n) is 7.98. The van der Waals surface area contributed by atoms with Crippen LogP contribution < -0.4 is 4.90 Å². The molecular weight excluding hydrogens is 228 g/mol. The lowest BCUT2D eigenvalue weighted by molar-refractivity contribution is 1.30. The molecule has 1 aliphatic heterocycles. The highest BCUT2D eigenvalue weighted by Crippen LogP contribution is 2.30. The molecule has 0 N–H and O–H groups in total. The van der Waals surface area contributed by atoms with E-state index in [1.54, 1.807) is 11.3 Å². The van der Waals surface area contributed by atoms with Gasteiger partial charge < -0.3 is 4.90 Å². The van der Waals surface area contributed by atoms with Crippen LogP contribution in [0, 0.1) is 0 Å². The summed E-state index contributed by atoms with van der Waals surface area (Å²) in [5.74, 6) is 0. The van der Waals surface area contributed by atoms with Gasteiger partial charge >= 0.3 is 0 Å². The molecule has 1 saturated heterocycles. The molecule has 76 valence electrons. The summed E-state index contributed by atoms with van der Waals surface area (Å²) in [5.41, 5.74) is 2.17. The molecule has 0 spiro atoms. The maximum atomic E-state index is 5.84. The lowest BCUT2D eigenvalue weighted by Crippen LogP contribution is -1.88. The first-order valence-electron chi connectivity index (χ1n) is 4.79. The molecule has 2 nitrogen and oxygen atoms in total. The molecule has 0 bridgehead atoms. The summed E-state index contributed by atoms with van der Waals surface area (Å²) < 4.78 is 0. The van der Waals surface area contributed by atoms with Gasteiger partial charge in [0.25, 0.3) is 0 Å². The van der Waals surface area contributed by atoms with Crippen LogP contribution in [0.4, 0.5) is 5.13 Å². The summed E-state index contributed by atoms with van der Waals surface area (Å²) in [6, 6.07) is 7.80. The minimum absolute atomic E-state index is 0.764. The first-order chi connectivity index (χ1) is 7.33. The van der Waals surface area contributed by atoms with E-state index in [-0.39, 0.29) is 0 Å². The lowest BCUT2D eigenvalue weighted by atomic mass is 10.2. The molecule has 0 saturated carbocycles. The van der Waals surface area contributed by atoms with Crippen molar-refractivity contribution in [3.8, 4) is 11.3 Å². The van der Waals surface area contributed by atoms with E-state index in [1.165, 1.54) is 0 Å². The first kappa shape index (κ1) is 9.19. The molecule has 3 rings (SSSR count). The molecule has 0 atom stereocenters. The van der Waals surface area contributed by atoms with Crippen molar-refractivity contribution in [3.63, 3.8) is 0 Å². The van der Waals surface area contributed by atoms with Crippen LogP contribution in [0.2, 0.25) is 5.02 Å². The van der Waals surface area contributed by atoms with Gasteiger partial charge in [-0.1, -0.05) is 23.7 Å². The SMILES string of the molecule is Clc1ccc(-c2csc(N3CC3)n2)cc1. The second-order valence-electron chi connectivity index (χ2n) is 3.51. The number of hydrogen-bond acceptors (Lipinski definition) is 3. The van der Waals surface area contributed by atoms with Crippen molar-refractivity contribution in [1.29, 1.82) is 0 Å². The number of rotatable bonds is 2. The van der Waals surface area contributed by atoms with Crippen LogP contribution in [0.15, 0.2) is 29.6 Å². The molecule has 0 aliphatic carbocycles. The standard InChI is InChI=1S/C11H9ClN2S/c12-9-3-1-8(2-4-9)10-7-15-11(13-10)14-5-6-14/h1-4,7H,5-6H2. The van der Waals surface area contributed by atoms with E-state index in [0.717, 1.165) is 34.5 Å². The van der Waals surface area contributed by atoms with Gasteiger partial charge in [-0.2, -0.15) is 0 Å². The van der Waals surface area contributed by atoms with E-state index < -0.39 is 0 Å². The molecule has 1 aliphatic rings. The maximum Gasteiger partial charge on any atom is 0.185 e. The first-order valence-corrected chi connectivity index (χ1v) is 6.05. The Morgan fingerprint density at radius 1 is 1.20 bits per heavy atom. The van der Waals surface area contributed by atoms with Crippen molar-refractivity contribution in [2.75, 3.05) is 18.0 Å². The van der Waals surface area contributed by atoms with Crippen molar-refractivity contribution in [2.24, 2.45) is 0 Å². The van der Waals surface area contributed by atoms with Gasteiger partial charge in [0.1, 0.15) is 0 Å². The van der Waals surface area contributed by atoms with Crippen LogP contribution in [0.25, 0.3) is 11.3 Å². The Labute approximate surface area is 97.1 Å². The molecule has 1 aromatic carbocycles. The van der Waals surface area contributed by atoms with Gasteiger partial charge in [0.2, 0.25) is 0 Å². The van der Waals surface area contributed by atoms with Crippen LogP contribution in [0.1, 0.15) is 0 Å². The maximum absolute atomic E-state index is 5.84. The number of halogens is 1. The van der Waals surface area contributed by atoms with Crippen molar-refractivity contribution >= 4 is 28.1 Å². The largest absolute Gasteiger partial charge is 0.345 e. The monoisotopic (exact) mass is 236 g/mol. The number of thiazole rings is 1. The van der Waals surface area contributed by atoms with Crippen LogP contribution in [0.3, 0.4) is 0 Å². The minimum Gasteiger partial charge on any atom is -0.345 e. The quantitative estimate of drug-likeness (QED) is 0.744. The summed E-state index contributed by atoms with van der Waals surface area (Å²) in [4.78, 5) is 6.83. The van der Waals surface area contributed by atoms with Crippen molar-refractivity contribution in [1.82, 2.24) is 4.98 Å². The molecule has 0 unspecified atom stereocenters. The van der Waals surface area contributed by atoms with E-state index in [2.05, 4.69) is 15.3 Å². The van der Waals surface area contributed by atoms with Gasteiger partial charge in [0.05, 0.1) is 5.69 Å². The predicted molar refractivity (Wildman–Crippen MR) is 64.8 cm³/mol. The predicted octanol–water partition coefficient (Wildman–Crippen LogP) is 3.28. The van der Waals surface area contributed by atoms with Gasteiger partial charge in [-0.05, 0) is 12.1 Å². The van der Waals surface area contributed by atoms with E-state index in [4.69, 9.17) is 11.6 Å². The zero-order valence-corrected chi connectivity index (χ0v) is 9.55. The second kappa shape index (κ2) is 3.51. The Kier molecular flexibility index (Phi) is 2.15. The fraction of sp³-hybridized carbons (Fsp3) is 0.182. The normalized spacial score (nSPS) is 14.3. The van der Waals surface area contributed by atoms with Gasteiger partial charge in [0, 0.05) is 29.1 Å². The Morgan fingerprint density at radius 3 is 2.60 bits per heavy atom. The number of anilines is 1. The number of aromatic nitrogens is 1. The topological polar surface area (TPSA) is 15.9 Å². The van der Waals surface area contributed by atoms with Gasteiger partial charge in [0.15, 0.2) is 5.13 Å². The van der Waals surface area contributed by atoms with E-state index in [9.17, 15) is 0 Å². The molecule has 0 amide bonds. The Bertz CT molecular complexity index is 474. The molecule has 2 heterocycles. The second-order valence-corrected chi connectivity index (χ2v) is 4.78. The molecule has 2 aromatic rings. The van der Waals surface area contributed by atoms with Crippen LogP contribution in [-0.2, 0) is 0 Å². The molecular formula is C11H9ClN2S. The van der Waals surface area contributed by atoms with Gasteiger partial charge in [-0.3, -0.25) is 0 Å². The Hall–Kier alpha value is -1.06. The third-order valence-corrected chi connectivity index (χ3v) is 3.50. The lowest BCUT2D eigenvalue weighted by Gasteiger charge is -1.96. The van der Waals surface area contributed by atoms with Gasteiger partial charge in [-0.15, -0.1) is 11.3 Å². The van der Waals surface area contributed by atoms with Crippen molar-refractivity contribution in [2.45, 2.75) is 0 Å². The molecule has 15 heavy (non-hydrogen) atoms. The van der Waals surface area contributed by atoms with Crippen molar-refractivity contribution in [3.05, 3.63) is 34.7 Å². The average Bonchev–Trinajstić information content (AvgIpc) is 2.99. The summed E-state index contributed by atoms with van der Waals surface area (Å²) in [6.45, 7) is 2.29. The highest BCUT2D eigenvalue weighted by Gasteiger charge is 2.21. The molecule has 1 aromatic heterocycles. The number of hydrogen-bond donors (Lipinski definition) is 0. The average molecular weight is 237 g/mol. The summed E-state index contributed by atoms with van der Waals surface area (Å²) >= 11 is 7.54. The molecule has 0 radical (unpaired) electrons. The third-order valence-electron chi connectivity index (χ3n) is 2.35.